The molecular formula is C17H19ClN4O2S. The molecule has 1 saturated heterocycles. The Bertz CT molecular complexity index is 750. The molecule has 2 unspecified atom stereocenters. The summed E-state index contributed by atoms with van der Waals surface area (Å²) >= 11 is 7.46. The molecule has 1 N–H and O–H groups in total. The Morgan fingerprint density at radius 3 is 2.68 bits per heavy atom. The second kappa shape index (κ2) is 7.09. The van der Waals surface area contributed by atoms with E-state index in [1.54, 1.807) is 7.05 Å². The topological polar surface area (TPSA) is 65.0 Å². The van der Waals surface area contributed by atoms with Gasteiger partial charge in [-0.3, -0.25) is 10.1 Å². The summed E-state index contributed by atoms with van der Waals surface area (Å²) in [5.74, 6) is 0.377. The van der Waals surface area contributed by atoms with Crippen LogP contribution in [0.3, 0.4) is 0 Å². The van der Waals surface area contributed by atoms with Gasteiger partial charge in [0.05, 0.1) is 0 Å². The highest BCUT2D eigenvalue weighted by Gasteiger charge is 2.48. The molecule has 0 bridgehead atoms. The molecule has 0 spiro atoms. The zero-order valence-corrected chi connectivity index (χ0v) is 15.6. The van der Waals surface area contributed by atoms with Gasteiger partial charge in [-0.2, -0.15) is 0 Å². The Kier molecular flexibility index (Phi) is 5.06. The van der Waals surface area contributed by atoms with Crippen LogP contribution in [-0.2, 0) is 10.5 Å². The number of carbonyl (C=O) groups excluding carboxylic acids is 2. The molecule has 25 heavy (non-hydrogen) atoms. The lowest BCUT2D eigenvalue weighted by Gasteiger charge is -2.36. The summed E-state index contributed by atoms with van der Waals surface area (Å²) in [5, 5.41) is 3.82. The molecule has 2 aliphatic heterocycles. The summed E-state index contributed by atoms with van der Waals surface area (Å²) in [4.78, 5) is 32.2. The van der Waals surface area contributed by atoms with E-state index >= 15 is 0 Å². The predicted molar refractivity (Wildman–Crippen MR) is 101 cm³/mol. The number of thioether (sulfide) groups is 1. The number of rotatable bonds is 4. The van der Waals surface area contributed by atoms with Crippen LogP contribution in [0.4, 0.5) is 4.79 Å². The summed E-state index contributed by atoms with van der Waals surface area (Å²) < 4.78 is 0. The maximum absolute atomic E-state index is 12.4. The highest BCUT2D eigenvalue weighted by molar-refractivity contribution is 8.13. The number of amidine groups is 1. The number of urea groups is 1. The van der Waals surface area contributed by atoms with Crippen LogP contribution < -0.4 is 5.32 Å². The zero-order valence-electron chi connectivity index (χ0n) is 14.0. The number of halogens is 1. The van der Waals surface area contributed by atoms with E-state index < -0.39 is 18.2 Å². The molecule has 3 amide bonds. The molecule has 8 heteroatoms. The lowest BCUT2D eigenvalue weighted by molar-refractivity contribution is -0.126. The first-order valence-corrected chi connectivity index (χ1v) is 9.17. The second-order valence-corrected chi connectivity index (χ2v) is 7.55. The first kappa shape index (κ1) is 17.8. The maximum atomic E-state index is 12.4. The monoisotopic (exact) mass is 378 g/mol. The average molecular weight is 379 g/mol. The number of carbonyl (C=O) groups is 2. The van der Waals surface area contributed by atoms with Crippen molar-refractivity contribution in [3.63, 3.8) is 0 Å². The van der Waals surface area contributed by atoms with Crippen LogP contribution in [0, 0.1) is 0 Å². The molecule has 6 nitrogen and oxygen atoms in total. The van der Waals surface area contributed by atoms with Crippen molar-refractivity contribution < 1.29 is 9.59 Å². The van der Waals surface area contributed by atoms with Crippen molar-refractivity contribution in [2.75, 3.05) is 13.6 Å². The normalized spacial score (nSPS) is 22.6. The number of hydrogen-bond acceptors (Lipinski definition) is 5. The van der Waals surface area contributed by atoms with Gasteiger partial charge in [0.1, 0.15) is 0 Å². The third-order valence-electron chi connectivity index (χ3n) is 4.04. The third kappa shape index (κ3) is 3.67. The summed E-state index contributed by atoms with van der Waals surface area (Å²) in [6, 6.07) is 6.67. The highest BCUT2D eigenvalue weighted by Crippen LogP contribution is 2.30. The molecule has 0 saturated carbocycles. The van der Waals surface area contributed by atoms with Gasteiger partial charge in [-0.25, -0.2) is 9.79 Å². The first-order chi connectivity index (χ1) is 11.9. The van der Waals surface area contributed by atoms with Gasteiger partial charge in [0.2, 0.25) is 0 Å². The average Bonchev–Trinajstić information content (AvgIpc) is 2.91. The summed E-state index contributed by atoms with van der Waals surface area (Å²) in [7, 11) is 1.65. The Morgan fingerprint density at radius 2 is 2.04 bits per heavy atom. The maximum Gasteiger partial charge on any atom is 0.325 e. The van der Waals surface area contributed by atoms with Crippen LogP contribution in [0.1, 0.15) is 12.5 Å². The van der Waals surface area contributed by atoms with Crippen molar-refractivity contribution >= 4 is 40.5 Å². The highest BCUT2D eigenvalue weighted by atomic mass is 35.5. The van der Waals surface area contributed by atoms with Crippen LogP contribution >= 0.6 is 23.4 Å². The first-order valence-electron chi connectivity index (χ1n) is 7.80. The Hall–Kier alpha value is -1.99. The van der Waals surface area contributed by atoms with E-state index in [1.807, 2.05) is 36.1 Å². The lowest BCUT2D eigenvalue weighted by Crippen LogP contribution is -2.63. The fourth-order valence-corrected chi connectivity index (χ4v) is 3.95. The molecule has 132 valence electrons. The van der Waals surface area contributed by atoms with Crippen LogP contribution in [0.5, 0.6) is 0 Å². The van der Waals surface area contributed by atoms with Gasteiger partial charge in [0.15, 0.2) is 17.4 Å². The van der Waals surface area contributed by atoms with Gasteiger partial charge >= 0.3 is 6.03 Å². The van der Waals surface area contributed by atoms with E-state index in [4.69, 9.17) is 11.6 Å². The van der Waals surface area contributed by atoms with Gasteiger partial charge in [-0.15, -0.1) is 0 Å². The van der Waals surface area contributed by atoms with Crippen molar-refractivity contribution in [2.45, 2.75) is 24.9 Å². The number of likely N-dealkylation sites (N-methyl/N-ethyl adjacent to an activating group) is 1. The van der Waals surface area contributed by atoms with Crippen molar-refractivity contribution in [1.82, 2.24) is 15.1 Å². The molecule has 2 aliphatic rings. The molecule has 0 aromatic heterocycles. The molecule has 2 heterocycles. The lowest BCUT2D eigenvalue weighted by atomic mass is 10.1. The summed E-state index contributed by atoms with van der Waals surface area (Å²) in [6.45, 7) is 6.37. The Morgan fingerprint density at radius 1 is 1.36 bits per heavy atom. The van der Waals surface area contributed by atoms with E-state index in [9.17, 15) is 9.59 Å². The number of imide groups is 1. The van der Waals surface area contributed by atoms with Gasteiger partial charge in [0.25, 0.3) is 5.91 Å². The minimum absolute atomic E-state index is 0.319. The van der Waals surface area contributed by atoms with Crippen LogP contribution in [0.2, 0.25) is 5.02 Å². The minimum atomic E-state index is -0.521. The van der Waals surface area contributed by atoms with Gasteiger partial charge in [-0.1, -0.05) is 47.6 Å². The molecule has 0 radical (unpaired) electrons. The van der Waals surface area contributed by atoms with E-state index in [2.05, 4.69) is 16.9 Å². The number of fused-ring (bicyclic) bond motifs is 1. The standard InChI is InChI=1S/C17H19ClN4O2S/c1-10(2)8-22-13-14(21(3)16(24)20-15(13)23)19-17(22)25-9-11-4-6-12(18)7-5-11/h4-7,13-14H,1,8-9H2,2-3H3,(H,20,23,24). The predicted octanol–water partition coefficient (Wildman–Crippen LogP) is 2.70. The summed E-state index contributed by atoms with van der Waals surface area (Å²) in [6.07, 6.45) is -0.506. The fourth-order valence-electron chi connectivity index (χ4n) is 2.81. The number of amides is 3. The van der Waals surface area contributed by atoms with Crippen molar-refractivity contribution in [1.29, 1.82) is 0 Å². The largest absolute Gasteiger partial charge is 0.332 e. The third-order valence-corrected chi connectivity index (χ3v) is 5.37. The molecule has 1 aromatic carbocycles. The van der Waals surface area contributed by atoms with E-state index in [0.29, 0.717) is 17.3 Å². The van der Waals surface area contributed by atoms with Crippen molar-refractivity contribution in [3.05, 3.63) is 47.0 Å². The van der Waals surface area contributed by atoms with Gasteiger partial charge < -0.3 is 9.80 Å². The van der Waals surface area contributed by atoms with Crippen LogP contribution in [-0.4, -0.2) is 52.7 Å². The van der Waals surface area contributed by atoms with Gasteiger partial charge in [-0.05, 0) is 24.6 Å². The Labute approximate surface area is 155 Å². The Balaban J connectivity index is 1.81. The molecule has 1 fully saturated rings. The zero-order chi connectivity index (χ0) is 18.1. The van der Waals surface area contributed by atoms with E-state index in [-0.39, 0.29) is 5.91 Å². The van der Waals surface area contributed by atoms with Gasteiger partial charge in [0, 0.05) is 24.4 Å². The fraction of sp³-hybridized carbons (Fsp3) is 0.353. The van der Waals surface area contributed by atoms with Crippen LogP contribution in [0.15, 0.2) is 41.4 Å². The molecule has 2 atom stereocenters. The van der Waals surface area contributed by atoms with E-state index in [1.165, 1.54) is 16.7 Å². The quantitative estimate of drug-likeness (QED) is 0.818. The SMILES string of the molecule is C=C(C)CN1C(SCc2ccc(Cl)cc2)=NC2C1C(=O)NC(=O)N2C. The van der Waals surface area contributed by atoms with Crippen molar-refractivity contribution in [3.8, 4) is 0 Å². The number of benzene rings is 1. The van der Waals surface area contributed by atoms with Crippen molar-refractivity contribution in [2.24, 2.45) is 4.99 Å². The second-order valence-electron chi connectivity index (χ2n) is 6.18. The number of nitrogens with one attached hydrogen (secondary N) is 1. The smallest absolute Gasteiger partial charge is 0.325 e. The minimum Gasteiger partial charge on any atom is -0.332 e. The molecule has 1 aromatic rings. The van der Waals surface area contributed by atoms with E-state index in [0.717, 1.165) is 16.3 Å². The summed E-state index contributed by atoms with van der Waals surface area (Å²) in [5.41, 5.74) is 2.03. The molecule has 3 rings (SSSR count). The number of aliphatic imine (C=N–C) groups is 1. The molecule has 0 aliphatic carbocycles. The number of hydrogen-bond donors (Lipinski definition) is 1. The molecular weight excluding hydrogens is 360 g/mol. The van der Waals surface area contributed by atoms with Crippen LogP contribution in [0.25, 0.3) is 0 Å². The number of nitrogens with zero attached hydrogens (tertiary/aromatic N) is 3.